The van der Waals surface area contributed by atoms with E-state index in [1.807, 2.05) is 0 Å². The number of carbonyl (C=O) groups is 1. The summed E-state index contributed by atoms with van der Waals surface area (Å²) in [7, 11) is 1.60. The minimum Gasteiger partial charge on any atom is -0.394 e. The fraction of sp³-hybridized carbons (Fsp3) is 0.222. The van der Waals surface area contributed by atoms with Crippen LogP contribution in [0.15, 0.2) is 47.5 Å². The summed E-state index contributed by atoms with van der Waals surface area (Å²) in [5.74, 6) is -1.30. The number of aromatic nitrogens is 4. The number of halogens is 4. The van der Waals surface area contributed by atoms with E-state index in [1.165, 1.54) is 17.1 Å². The van der Waals surface area contributed by atoms with Gasteiger partial charge in [0.2, 0.25) is 0 Å². The number of benzene rings is 1. The molecule has 158 valence electrons. The van der Waals surface area contributed by atoms with Gasteiger partial charge < -0.3 is 10.4 Å². The number of aryl methyl sites for hydroxylation is 1. The minimum absolute atomic E-state index is 0.146. The average molecular weight is 442 g/mol. The molecule has 0 radical (unpaired) electrons. The maximum Gasteiger partial charge on any atom is 0.410 e. The maximum atomic E-state index is 12.9. The Hall–Kier alpha value is -3.18. The first-order chi connectivity index (χ1) is 14.1. The van der Waals surface area contributed by atoms with Crippen LogP contribution in [0.4, 0.5) is 13.2 Å². The molecule has 3 aromatic rings. The molecule has 2 aromatic heterocycles. The van der Waals surface area contributed by atoms with Crippen molar-refractivity contribution < 1.29 is 23.1 Å². The summed E-state index contributed by atoms with van der Waals surface area (Å²) in [6.45, 7) is -1.37. The molecule has 0 fully saturated rings. The molecule has 3 rings (SSSR count). The lowest BCUT2D eigenvalue weighted by molar-refractivity contribution is -0.161. The number of rotatable bonds is 5. The fourth-order valence-corrected chi connectivity index (χ4v) is 2.70. The van der Waals surface area contributed by atoms with Crippen LogP contribution in [-0.4, -0.2) is 49.4 Å². The molecular formula is C18H15ClF3N5O3. The zero-order valence-corrected chi connectivity index (χ0v) is 16.1. The van der Waals surface area contributed by atoms with Gasteiger partial charge in [-0.15, -0.1) is 0 Å². The second kappa shape index (κ2) is 8.28. The number of hydrogen-bond acceptors (Lipinski definition) is 5. The number of aliphatic hydroxyl groups is 1. The highest BCUT2D eigenvalue weighted by Crippen LogP contribution is 2.22. The molecule has 0 saturated carbocycles. The molecule has 1 aromatic carbocycles. The Morgan fingerprint density at radius 2 is 1.97 bits per heavy atom. The van der Waals surface area contributed by atoms with Crippen molar-refractivity contribution in [1.29, 1.82) is 0 Å². The molecular weight excluding hydrogens is 427 g/mol. The smallest absolute Gasteiger partial charge is 0.394 e. The molecule has 1 atom stereocenters. The SMILES string of the molecule is Cn1cc(-n2nc(-c3ccc(Cl)cc3)cc(C(=O)N[C@@H](CO)C(F)(F)F)c2=O)cn1. The number of aliphatic hydroxyl groups excluding tert-OH is 1. The molecule has 0 aliphatic carbocycles. The van der Waals surface area contributed by atoms with Crippen LogP contribution in [0.3, 0.4) is 0 Å². The molecule has 0 aliphatic rings. The Morgan fingerprint density at radius 3 is 2.50 bits per heavy atom. The van der Waals surface area contributed by atoms with E-state index in [-0.39, 0.29) is 11.4 Å². The largest absolute Gasteiger partial charge is 0.410 e. The van der Waals surface area contributed by atoms with E-state index in [0.29, 0.717) is 10.6 Å². The second-order valence-corrected chi connectivity index (χ2v) is 6.73. The lowest BCUT2D eigenvalue weighted by Crippen LogP contribution is -2.49. The van der Waals surface area contributed by atoms with Gasteiger partial charge >= 0.3 is 6.18 Å². The second-order valence-electron chi connectivity index (χ2n) is 6.29. The van der Waals surface area contributed by atoms with Crippen molar-refractivity contribution in [2.45, 2.75) is 12.2 Å². The summed E-state index contributed by atoms with van der Waals surface area (Å²) in [5.41, 5.74) is -0.700. The van der Waals surface area contributed by atoms with Crippen molar-refractivity contribution >= 4 is 17.5 Å². The first-order valence-corrected chi connectivity index (χ1v) is 8.85. The van der Waals surface area contributed by atoms with E-state index >= 15 is 0 Å². The van der Waals surface area contributed by atoms with Gasteiger partial charge in [0.25, 0.3) is 11.5 Å². The Labute approximate surface area is 172 Å². The summed E-state index contributed by atoms with van der Waals surface area (Å²) < 4.78 is 41.1. The van der Waals surface area contributed by atoms with Gasteiger partial charge in [0.1, 0.15) is 17.3 Å². The quantitative estimate of drug-likeness (QED) is 0.630. The molecule has 12 heteroatoms. The number of carbonyl (C=O) groups excluding carboxylic acids is 1. The third kappa shape index (κ3) is 4.52. The Morgan fingerprint density at radius 1 is 1.30 bits per heavy atom. The molecule has 2 heterocycles. The van der Waals surface area contributed by atoms with Crippen LogP contribution < -0.4 is 10.9 Å². The molecule has 30 heavy (non-hydrogen) atoms. The average Bonchev–Trinajstić information content (AvgIpc) is 3.12. The molecule has 0 spiro atoms. The van der Waals surface area contributed by atoms with Gasteiger partial charge in [0.15, 0.2) is 0 Å². The van der Waals surface area contributed by atoms with Crippen LogP contribution in [0.1, 0.15) is 10.4 Å². The Bertz CT molecular complexity index is 1130. The molecule has 0 aliphatic heterocycles. The van der Waals surface area contributed by atoms with Gasteiger partial charge in [-0.25, -0.2) is 0 Å². The Kier molecular flexibility index (Phi) is 5.94. The summed E-state index contributed by atoms with van der Waals surface area (Å²) >= 11 is 5.87. The first kappa shape index (κ1) is 21.5. The van der Waals surface area contributed by atoms with E-state index in [4.69, 9.17) is 16.7 Å². The fourth-order valence-electron chi connectivity index (χ4n) is 2.58. The highest BCUT2D eigenvalue weighted by Gasteiger charge is 2.40. The van der Waals surface area contributed by atoms with Crippen LogP contribution in [0.5, 0.6) is 0 Å². The van der Waals surface area contributed by atoms with Crippen LogP contribution in [0.25, 0.3) is 16.9 Å². The highest BCUT2D eigenvalue weighted by atomic mass is 35.5. The van der Waals surface area contributed by atoms with E-state index in [2.05, 4.69) is 10.2 Å². The van der Waals surface area contributed by atoms with Crippen molar-refractivity contribution in [3.63, 3.8) is 0 Å². The standard InChI is InChI=1S/C18H15ClF3N5O3/c1-26-8-12(7-23-26)27-17(30)13(16(29)24-15(9-28)18(20,21)22)6-14(25-27)10-2-4-11(19)5-3-10/h2-8,15,28H,9H2,1H3,(H,24,29)/t15-/m0/s1. The van der Waals surface area contributed by atoms with Crippen molar-refractivity contribution in [1.82, 2.24) is 24.9 Å². The lowest BCUT2D eigenvalue weighted by atomic mass is 10.1. The maximum absolute atomic E-state index is 12.9. The monoisotopic (exact) mass is 441 g/mol. The van der Waals surface area contributed by atoms with Crippen molar-refractivity contribution in [3.05, 3.63) is 63.7 Å². The van der Waals surface area contributed by atoms with Crippen LogP contribution in [0.2, 0.25) is 5.02 Å². The van der Waals surface area contributed by atoms with Crippen LogP contribution in [0, 0.1) is 0 Å². The molecule has 0 bridgehead atoms. The van der Waals surface area contributed by atoms with E-state index in [9.17, 15) is 22.8 Å². The molecule has 0 unspecified atom stereocenters. The summed E-state index contributed by atoms with van der Waals surface area (Å²) in [6, 6.07) is 4.83. The number of amides is 1. The third-order valence-corrected chi connectivity index (χ3v) is 4.37. The number of hydrogen-bond donors (Lipinski definition) is 2. The topological polar surface area (TPSA) is 102 Å². The lowest BCUT2D eigenvalue weighted by Gasteiger charge is -2.19. The van der Waals surface area contributed by atoms with Gasteiger partial charge in [0.05, 0.1) is 24.7 Å². The number of alkyl halides is 3. The van der Waals surface area contributed by atoms with Gasteiger partial charge in [-0.1, -0.05) is 23.7 Å². The first-order valence-electron chi connectivity index (χ1n) is 8.48. The predicted octanol–water partition coefficient (Wildman–Crippen LogP) is 1.94. The van der Waals surface area contributed by atoms with Crippen molar-refractivity contribution in [2.75, 3.05) is 6.61 Å². The van der Waals surface area contributed by atoms with Gasteiger partial charge in [-0.2, -0.15) is 28.1 Å². The summed E-state index contributed by atoms with van der Waals surface area (Å²) in [5, 5.41) is 19.2. The zero-order valence-electron chi connectivity index (χ0n) is 15.4. The van der Waals surface area contributed by atoms with Crippen LogP contribution >= 0.6 is 11.6 Å². The van der Waals surface area contributed by atoms with Crippen LogP contribution in [-0.2, 0) is 7.05 Å². The third-order valence-electron chi connectivity index (χ3n) is 4.12. The van der Waals surface area contributed by atoms with E-state index < -0.39 is 35.9 Å². The van der Waals surface area contributed by atoms with Gasteiger partial charge in [0, 0.05) is 17.6 Å². The molecule has 1 amide bonds. The zero-order chi connectivity index (χ0) is 22.1. The summed E-state index contributed by atoms with van der Waals surface area (Å²) in [4.78, 5) is 25.3. The van der Waals surface area contributed by atoms with Crippen molar-refractivity contribution in [3.8, 4) is 16.9 Å². The van der Waals surface area contributed by atoms with Crippen molar-refractivity contribution in [2.24, 2.45) is 7.05 Å². The normalized spacial score (nSPS) is 12.6. The van der Waals surface area contributed by atoms with E-state index in [0.717, 1.165) is 10.7 Å². The van der Waals surface area contributed by atoms with Gasteiger partial charge in [-0.05, 0) is 18.2 Å². The molecule has 8 nitrogen and oxygen atoms in total. The highest BCUT2D eigenvalue weighted by molar-refractivity contribution is 6.30. The molecule has 0 saturated heterocycles. The summed E-state index contributed by atoms with van der Waals surface area (Å²) in [6.07, 6.45) is -2.12. The minimum atomic E-state index is -4.89. The van der Waals surface area contributed by atoms with E-state index in [1.54, 1.807) is 36.6 Å². The number of nitrogens with zero attached hydrogens (tertiary/aromatic N) is 4. The molecule has 2 N–H and O–H groups in total. The number of nitrogens with one attached hydrogen (secondary N) is 1. The predicted molar refractivity (Wildman–Crippen MR) is 101 cm³/mol. The van der Waals surface area contributed by atoms with Gasteiger partial charge in [-0.3, -0.25) is 14.3 Å². The Balaban J connectivity index is 2.13.